The van der Waals surface area contributed by atoms with E-state index < -0.39 is 5.82 Å². The first-order valence-corrected chi connectivity index (χ1v) is 6.17. The molecule has 0 fully saturated rings. The Kier molecular flexibility index (Phi) is 3.58. The standard InChI is InChI=1S/C13H11FN2OS/c1-8-9(2)18-13(16-8)7-17-11-4-3-10(6-15)12(14)5-11/h3-5H,7H2,1-2H3. The summed E-state index contributed by atoms with van der Waals surface area (Å²) in [5.41, 5.74) is 1.01. The summed E-state index contributed by atoms with van der Waals surface area (Å²) in [6.45, 7) is 4.25. The molecule has 0 aliphatic heterocycles. The predicted molar refractivity (Wildman–Crippen MR) is 67.0 cm³/mol. The van der Waals surface area contributed by atoms with Crippen LogP contribution in [0.25, 0.3) is 0 Å². The molecule has 0 aliphatic carbocycles. The van der Waals surface area contributed by atoms with E-state index >= 15 is 0 Å². The predicted octanol–water partition coefficient (Wildman–Crippen LogP) is 3.35. The molecule has 0 bridgehead atoms. The molecule has 5 heteroatoms. The molecule has 0 atom stereocenters. The minimum atomic E-state index is -0.568. The van der Waals surface area contributed by atoms with Gasteiger partial charge in [0.25, 0.3) is 0 Å². The highest BCUT2D eigenvalue weighted by molar-refractivity contribution is 7.11. The second-order valence-electron chi connectivity index (χ2n) is 3.79. The quantitative estimate of drug-likeness (QED) is 0.852. The molecule has 2 aromatic rings. The number of hydrogen-bond donors (Lipinski definition) is 0. The molecule has 0 unspecified atom stereocenters. The van der Waals surface area contributed by atoms with Crippen molar-refractivity contribution in [2.75, 3.05) is 0 Å². The lowest BCUT2D eigenvalue weighted by atomic mass is 10.2. The maximum Gasteiger partial charge on any atom is 0.144 e. The van der Waals surface area contributed by atoms with E-state index in [0.717, 1.165) is 15.6 Å². The van der Waals surface area contributed by atoms with Gasteiger partial charge in [0.1, 0.15) is 29.3 Å². The Hall–Kier alpha value is -1.93. The van der Waals surface area contributed by atoms with E-state index in [4.69, 9.17) is 10.00 Å². The van der Waals surface area contributed by atoms with Gasteiger partial charge in [-0.05, 0) is 26.0 Å². The fourth-order valence-corrected chi connectivity index (χ4v) is 2.27. The first-order valence-electron chi connectivity index (χ1n) is 5.35. The fourth-order valence-electron chi connectivity index (χ4n) is 1.42. The molecule has 1 heterocycles. The first kappa shape index (κ1) is 12.5. The Morgan fingerprint density at radius 1 is 1.44 bits per heavy atom. The minimum absolute atomic E-state index is 0.0169. The summed E-state index contributed by atoms with van der Waals surface area (Å²) in [6.07, 6.45) is 0. The summed E-state index contributed by atoms with van der Waals surface area (Å²) in [4.78, 5) is 5.48. The van der Waals surface area contributed by atoms with Crippen LogP contribution in [0.5, 0.6) is 5.75 Å². The van der Waals surface area contributed by atoms with Gasteiger partial charge >= 0.3 is 0 Å². The molecule has 1 aromatic carbocycles. The van der Waals surface area contributed by atoms with E-state index in [1.807, 2.05) is 13.8 Å². The molecule has 1 aromatic heterocycles. The monoisotopic (exact) mass is 262 g/mol. The first-order chi connectivity index (χ1) is 8.60. The van der Waals surface area contributed by atoms with E-state index in [1.165, 1.54) is 12.1 Å². The number of hydrogen-bond acceptors (Lipinski definition) is 4. The molecular formula is C13H11FN2OS. The van der Waals surface area contributed by atoms with Crippen LogP contribution >= 0.6 is 11.3 Å². The molecule has 3 nitrogen and oxygen atoms in total. The Morgan fingerprint density at radius 3 is 2.78 bits per heavy atom. The van der Waals surface area contributed by atoms with Gasteiger partial charge in [0.05, 0.1) is 11.3 Å². The summed E-state index contributed by atoms with van der Waals surface area (Å²) in [5.74, 6) is -0.168. The molecule has 0 radical (unpaired) electrons. The van der Waals surface area contributed by atoms with Crippen LogP contribution in [-0.4, -0.2) is 4.98 Å². The van der Waals surface area contributed by atoms with Crippen LogP contribution in [0, 0.1) is 31.0 Å². The summed E-state index contributed by atoms with van der Waals surface area (Å²) in [6, 6.07) is 5.96. The average molecular weight is 262 g/mol. The van der Waals surface area contributed by atoms with Gasteiger partial charge in [-0.25, -0.2) is 9.37 Å². The lowest BCUT2D eigenvalue weighted by molar-refractivity contribution is 0.303. The van der Waals surface area contributed by atoms with Gasteiger partial charge < -0.3 is 4.74 Å². The third kappa shape index (κ3) is 2.66. The van der Waals surface area contributed by atoms with Crippen molar-refractivity contribution in [3.05, 3.63) is 45.2 Å². The number of ether oxygens (including phenoxy) is 1. The maximum atomic E-state index is 13.3. The van der Waals surface area contributed by atoms with Crippen LogP contribution in [0.4, 0.5) is 4.39 Å². The van der Waals surface area contributed by atoms with Crippen molar-refractivity contribution in [3.8, 4) is 11.8 Å². The Bertz CT molecular complexity index is 596. The second-order valence-corrected chi connectivity index (χ2v) is 5.08. The van der Waals surface area contributed by atoms with Crippen molar-refractivity contribution in [1.29, 1.82) is 5.26 Å². The molecule has 0 spiro atoms. The van der Waals surface area contributed by atoms with Crippen molar-refractivity contribution < 1.29 is 9.13 Å². The van der Waals surface area contributed by atoms with Crippen molar-refractivity contribution in [2.45, 2.75) is 20.5 Å². The summed E-state index contributed by atoms with van der Waals surface area (Å²) in [7, 11) is 0. The normalized spacial score (nSPS) is 10.1. The highest BCUT2D eigenvalue weighted by Crippen LogP contribution is 2.20. The smallest absolute Gasteiger partial charge is 0.144 e. The average Bonchev–Trinajstić information content (AvgIpc) is 2.66. The van der Waals surface area contributed by atoms with E-state index in [2.05, 4.69) is 4.98 Å². The van der Waals surface area contributed by atoms with E-state index in [1.54, 1.807) is 23.5 Å². The van der Waals surface area contributed by atoms with Crippen LogP contribution < -0.4 is 4.74 Å². The van der Waals surface area contributed by atoms with Gasteiger partial charge in [-0.3, -0.25) is 0 Å². The van der Waals surface area contributed by atoms with Gasteiger partial charge in [0.2, 0.25) is 0 Å². The molecule has 0 aliphatic rings. The number of halogens is 1. The Balaban J connectivity index is 2.07. The summed E-state index contributed by atoms with van der Waals surface area (Å²) < 4.78 is 18.8. The van der Waals surface area contributed by atoms with Crippen molar-refractivity contribution in [2.24, 2.45) is 0 Å². The van der Waals surface area contributed by atoms with Crippen LogP contribution in [0.2, 0.25) is 0 Å². The maximum absolute atomic E-state index is 13.3. The highest BCUT2D eigenvalue weighted by Gasteiger charge is 2.06. The SMILES string of the molecule is Cc1nc(COc2ccc(C#N)c(F)c2)sc1C. The molecule has 92 valence electrons. The van der Waals surface area contributed by atoms with Crippen LogP contribution in [-0.2, 0) is 6.61 Å². The van der Waals surface area contributed by atoms with Crippen molar-refractivity contribution in [3.63, 3.8) is 0 Å². The number of rotatable bonds is 3. The molecule has 0 saturated heterocycles. The van der Waals surface area contributed by atoms with Crippen LogP contribution in [0.15, 0.2) is 18.2 Å². The number of nitriles is 1. The molecule has 0 saturated carbocycles. The van der Waals surface area contributed by atoms with Crippen LogP contribution in [0.3, 0.4) is 0 Å². The van der Waals surface area contributed by atoms with Gasteiger partial charge in [0.15, 0.2) is 0 Å². The molecule has 18 heavy (non-hydrogen) atoms. The number of aryl methyl sites for hydroxylation is 2. The van der Waals surface area contributed by atoms with Gasteiger partial charge in [-0.1, -0.05) is 0 Å². The molecule has 0 amide bonds. The van der Waals surface area contributed by atoms with E-state index in [9.17, 15) is 4.39 Å². The van der Waals surface area contributed by atoms with Crippen molar-refractivity contribution in [1.82, 2.24) is 4.98 Å². The highest BCUT2D eigenvalue weighted by atomic mass is 32.1. The number of aromatic nitrogens is 1. The van der Waals surface area contributed by atoms with E-state index in [-0.39, 0.29) is 5.56 Å². The van der Waals surface area contributed by atoms with E-state index in [0.29, 0.717) is 12.4 Å². The molecule has 0 N–H and O–H groups in total. The molecular weight excluding hydrogens is 251 g/mol. The number of thiazole rings is 1. The lowest BCUT2D eigenvalue weighted by Crippen LogP contribution is -1.96. The van der Waals surface area contributed by atoms with Crippen molar-refractivity contribution >= 4 is 11.3 Å². The Morgan fingerprint density at radius 2 is 2.22 bits per heavy atom. The summed E-state index contributed by atoms with van der Waals surface area (Å²) >= 11 is 1.56. The largest absolute Gasteiger partial charge is 0.486 e. The van der Waals surface area contributed by atoms with Crippen LogP contribution in [0.1, 0.15) is 21.1 Å². The van der Waals surface area contributed by atoms with Gasteiger partial charge in [-0.15, -0.1) is 11.3 Å². The number of benzene rings is 1. The molecule has 2 rings (SSSR count). The fraction of sp³-hybridized carbons (Fsp3) is 0.231. The van der Waals surface area contributed by atoms with Gasteiger partial charge in [0, 0.05) is 10.9 Å². The third-order valence-electron chi connectivity index (χ3n) is 2.50. The van der Waals surface area contributed by atoms with Gasteiger partial charge in [-0.2, -0.15) is 5.26 Å². The third-order valence-corrected chi connectivity index (χ3v) is 3.54. The Labute approximate surface area is 108 Å². The summed E-state index contributed by atoms with van der Waals surface area (Å²) in [5, 5.41) is 9.47. The zero-order chi connectivity index (χ0) is 13.1. The second kappa shape index (κ2) is 5.15. The number of nitrogens with zero attached hydrogens (tertiary/aromatic N) is 2. The zero-order valence-corrected chi connectivity index (χ0v) is 10.8. The minimum Gasteiger partial charge on any atom is -0.486 e. The lowest BCUT2D eigenvalue weighted by Gasteiger charge is -2.04. The zero-order valence-electron chi connectivity index (χ0n) is 10.0. The topological polar surface area (TPSA) is 45.9 Å².